The van der Waals surface area contributed by atoms with Gasteiger partial charge in [0, 0.05) is 14.2 Å². The minimum absolute atomic E-state index is 0.0302. The van der Waals surface area contributed by atoms with Crippen LogP contribution in [0.5, 0.6) is 0 Å². The zero-order chi connectivity index (χ0) is 10.5. The third-order valence-electron chi connectivity index (χ3n) is 1.90. The van der Waals surface area contributed by atoms with Gasteiger partial charge >= 0.3 is 0 Å². The monoisotopic (exact) mass is 205 g/mol. The maximum Gasteiger partial charge on any atom is 0.135 e. The SMILES string of the molecule is COC(OC)[SiH2]C(N)CC(C)(C)C. The van der Waals surface area contributed by atoms with E-state index in [9.17, 15) is 0 Å². The Morgan fingerprint density at radius 1 is 1.23 bits per heavy atom. The van der Waals surface area contributed by atoms with Crippen LogP contribution in [0.25, 0.3) is 0 Å². The van der Waals surface area contributed by atoms with E-state index in [1.165, 1.54) is 0 Å². The number of nitrogens with two attached hydrogens (primary N) is 1. The Balaban J connectivity index is 3.79. The molecule has 2 N–H and O–H groups in total. The van der Waals surface area contributed by atoms with Crippen LogP contribution in [0.1, 0.15) is 27.2 Å². The number of hydrogen-bond acceptors (Lipinski definition) is 3. The maximum absolute atomic E-state index is 6.01. The van der Waals surface area contributed by atoms with Gasteiger partial charge in [-0.3, -0.25) is 0 Å². The second kappa shape index (κ2) is 5.75. The van der Waals surface area contributed by atoms with Gasteiger partial charge in [0.25, 0.3) is 0 Å². The average molecular weight is 205 g/mol. The molecule has 13 heavy (non-hydrogen) atoms. The summed E-state index contributed by atoms with van der Waals surface area (Å²) in [5, 5.41) is 0. The summed E-state index contributed by atoms with van der Waals surface area (Å²) in [6.45, 7) is 6.61. The van der Waals surface area contributed by atoms with Gasteiger partial charge in [-0.1, -0.05) is 20.8 Å². The Labute approximate surface area is 83.8 Å². The van der Waals surface area contributed by atoms with E-state index in [1.54, 1.807) is 14.2 Å². The summed E-state index contributed by atoms with van der Waals surface area (Å²) in [4.78, 5) is 0. The summed E-state index contributed by atoms with van der Waals surface area (Å²) in [6.07, 6.45) is 1.04. The van der Waals surface area contributed by atoms with Crippen molar-refractivity contribution in [3.63, 3.8) is 0 Å². The quantitative estimate of drug-likeness (QED) is 0.524. The van der Waals surface area contributed by atoms with Crippen molar-refractivity contribution in [1.29, 1.82) is 0 Å². The molecular formula is C9H23NO2Si. The van der Waals surface area contributed by atoms with E-state index in [1.807, 2.05) is 0 Å². The van der Waals surface area contributed by atoms with E-state index in [2.05, 4.69) is 20.8 Å². The topological polar surface area (TPSA) is 44.5 Å². The predicted octanol–water partition coefficient (Wildman–Crippen LogP) is 0.453. The summed E-state index contributed by atoms with van der Waals surface area (Å²) >= 11 is 0. The first-order valence-corrected chi connectivity index (χ1v) is 6.33. The van der Waals surface area contributed by atoms with E-state index in [0.717, 1.165) is 6.42 Å². The standard InChI is InChI=1S/C9H23NO2Si/c1-9(2,3)6-7(10)13-8(11-4)12-5/h7-8H,6,10,13H2,1-5H3. The average Bonchev–Trinajstić information content (AvgIpc) is 1.96. The molecule has 4 heteroatoms. The molecule has 0 amide bonds. The fraction of sp³-hybridized carbons (Fsp3) is 1.00. The van der Waals surface area contributed by atoms with Crippen molar-refractivity contribution in [3.8, 4) is 0 Å². The minimum atomic E-state index is -0.497. The molecule has 0 rings (SSSR count). The normalized spacial score (nSPS) is 15.9. The van der Waals surface area contributed by atoms with E-state index in [-0.39, 0.29) is 11.6 Å². The summed E-state index contributed by atoms with van der Waals surface area (Å²) in [6, 6.07) is 0. The van der Waals surface area contributed by atoms with Crippen LogP contribution in [0.15, 0.2) is 0 Å². The highest BCUT2D eigenvalue weighted by molar-refractivity contribution is 6.38. The van der Waals surface area contributed by atoms with Gasteiger partial charge in [0.05, 0.1) is 0 Å². The molecule has 3 nitrogen and oxygen atoms in total. The van der Waals surface area contributed by atoms with Gasteiger partial charge < -0.3 is 15.2 Å². The molecule has 0 aliphatic rings. The van der Waals surface area contributed by atoms with Crippen LogP contribution in [0.2, 0.25) is 0 Å². The smallest absolute Gasteiger partial charge is 0.135 e. The molecule has 0 heterocycles. The van der Waals surface area contributed by atoms with Crippen molar-refractivity contribution in [3.05, 3.63) is 0 Å². The summed E-state index contributed by atoms with van der Waals surface area (Å²) in [5.41, 5.74) is 6.60. The summed E-state index contributed by atoms with van der Waals surface area (Å²) in [5.74, 6) is -0.0302. The van der Waals surface area contributed by atoms with Gasteiger partial charge in [-0.2, -0.15) is 0 Å². The number of hydrogen-bond donors (Lipinski definition) is 1. The molecular weight excluding hydrogens is 182 g/mol. The van der Waals surface area contributed by atoms with Crippen LogP contribution >= 0.6 is 0 Å². The lowest BCUT2D eigenvalue weighted by molar-refractivity contribution is -0.0449. The third kappa shape index (κ3) is 7.19. The zero-order valence-electron chi connectivity index (χ0n) is 9.46. The molecule has 0 fully saturated rings. The van der Waals surface area contributed by atoms with E-state index in [0.29, 0.717) is 5.41 Å². The Kier molecular flexibility index (Phi) is 5.79. The molecule has 0 aromatic heterocycles. The fourth-order valence-electron chi connectivity index (χ4n) is 1.41. The van der Waals surface area contributed by atoms with Crippen molar-refractivity contribution in [2.24, 2.45) is 11.1 Å². The van der Waals surface area contributed by atoms with E-state index >= 15 is 0 Å². The molecule has 0 aromatic carbocycles. The lowest BCUT2D eigenvalue weighted by atomic mass is 9.92. The lowest BCUT2D eigenvalue weighted by Gasteiger charge is -2.24. The van der Waals surface area contributed by atoms with Crippen molar-refractivity contribution < 1.29 is 9.47 Å². The van der Waals surface area contributed by atoms with Crippen LogP contribution < -0.4 is 5.73 Å². The second-order valence-corrected chi connectivity index (χ2v) is 6.85. The Hall–Kier alpha value is 0.0969. The fourth-order valence-corrected chi connectivity index (χ4v) is 3.32. The molecule has 1 unspecified atom stereocenters. The van der Waals surface area contributed by atoms with Crippen molar-refractivity contribution in [2.75, 3.05) is 14.2 Å². The largest absolute Gasteiger partial charge is 0.360 e. The second-order valence-electron chi connectivity index (χ2n) is 4.66. The van der Waals surface area contributed by atoms with Crippen LogP contribution in [-0.2, 0) is 9.47 Å². The molecule has 0 spiro atoms. The minimum Gasteiger partial charge on any atom is -0.360 e. The van der Waals surface area contributed by atoms with Crippen LogP contribution in [0.3, 0.4) is 0 Å². The highest BCUT2D eigenvalue weighted by Crippen LogP contribution is 2.19. The summed E-state index contributed by atoms with van der Waals surface area (Å²) < 4.78 is 10.3. The van der Waals surface area contributed by atoms with E-state index < -0.39 is 9.52 Å². The highest BCUT2D eigenvalue weighted by atomic mass is 28.2. The zero-order valence-corrected chi connectivity index (χ0v) is 10.9. The van der Waals surface area contributed by atoms with Gasteiger partial charge in [0.15, 0.2) is 0 Å². The van der Waals surface area contributed by atoms with Gasteiger partial charge in [0.2, 0.25) is 0 Å². The molecule has 0 aromatic rings. The lowest BCUT2D eigenvalue weighted by Crippen LogP contribution is -2.40. The van der Waals surface area contributed by atoms with Crippen molar-refractivity contribution in [1.82, 2.24) is 0 Å². The summed E-state index contributed by atoms with van der Waals surface area (Å²) in [7, 11) is 2.85. The Morgan fingerprint density at radius 2 is 1.69 bits per heavy atom. The van der Waals surface area contributed by atoms with Crippen molar-refractivity contribution >= 4 is 9.52 Å². The maximum atomic E-state index is 6.01. The van der Waals surface area contributed by atoms with Gasteiger partial charge in [0.1, 0.15) is 15.4 Å². The van der Waals surface area contributed by atoms with Gasteiger partial charge in [-0.15, -0.1) is 0 Å². The van der Waals surface area contributed by atoms with E-state index in [4.69, 9.17) is 15.2 Å². The highest BCUT2D eigenvalue weighted by Gasteiger charge is 2.19. The number of rotatable bonds is 5. The Bertz CT molecular complexity index is 132. The molecule has 0 saturated heterocycles. The Morgan fingerprint density at radius 3 is 2.00 bits per heavy atom. The first kappa shape index (κ1) is 13.1. The molecule has 0 aliphatic carbocycles. The molecule has 0 aliphatic heterocycles. The molecule has 0 radical (unpaired) electrons. The van der Waals surface area contributed by atoms with Gasteiger partial charge in [-0.25, -0.2) is 0 Å². The van der Waals surface area contributed by atoms with Crippen LogP contribution in [-0.4, -0.2) is 35.3 Å². The molecule has 80 valence electrons. The number of methoxy groups -OCH3 is 2. The molecule has 1 atom stereocenters. The molecule has 0 saturated carbocycles. The predicted molar refractivity (Wildman–Crippen MR) is 58.4 cm³/mol. The van der Waals surface area contributed by atoms with Gasteiger partial charge in [-0.05, 0) is 17.5 Å². The van der Waals surface area contributed by atoms with Crippen LogP contribution in [0, 0.1) is 5.41 Å². The molecule has 0 bridgehead atoms. The first-order valence-electron chi connectivity index (χ1n) is 4.70. The number of ether oxygens (including phenoxy) is 2. The third-order valence-corrected chi connectivity index (χ3v) is 3.84. The first-order chi connectivity index (χ1) is 5.89. The van der Waals surface area contributed by atoms with Crippen molar-refractivity contribution in [2.45, 2.75) is 38.8 Å². The van der Waals surface area contributed by atoms with Crippen LogP contribution in [0.4, 0.5) is 0 Å².